The van der Waals surface area contributed by atoms with Gasteiger partial charge in [-0.15, -0.1) is 0 Å². The molecule has 1 saturated heterocycles. The van der Waals surface area contributed by atoms with Gasteiger partial charge in [-0.05, 0) is 41.1 Å². The van der Waals surface area contributed by atoms with Crippen LogP contribution in [-0.4, -0.2) is 41.7 Å². The largest absolute Gasteiger partial charge is 0.495 e. The lowest BCUT2D eigenvalue weighted by Gasteiger charge is -2.31. The summed E-state index contributed by atoms with van der Waals surface area (Å²) in [6.07, 6.45) is 0. The Bertz CT molecular complexity index is 1090. The number of nitrogens with zero attached hydrogens (tertiary/aromatic N) is 1. The van der Waals surface area contributed by atoms with Gasteiger partial charge < -0.3 is 15.0 Å². The van der Waals surface area contributed by atoms with Gasteiger partial charge in [-0.1, -0.05) is 30.3 Å². The highest BCUT2D eigenvalue weighted by atomic mass is 32.2. The Morgan fingerprint density at radius 3 is 2.46 bits per heavy atom. The highest BCUT2D eigenvalue weighted by Crippen LogP contribution is 2.32. The van der Waals surface area contributed by atoms with Gasteiger partial charge in [0.1, 0.15) is 5.75 Å². The average molecular weight is 398 g/mol. The Kier molecular flexibility index (Phi) is 5.11. The van der Waals surface area contributed by atoms with Crippen molar-refractivity contribution < 1.29 is 13.2 Å². The highest BCUT2D eigenvalue weighted by Gasteiger charge is 2.19. The normalized spacial score (nSPS) is 14.8. The number of hydrogen-bond acceptors (Lipinski definition) is 5. The van der Waals surface area contributed by atoms with Crippen LogP contribution in [0.2, 0.25) is 0 Å². The van der Waals surface area contributed by atoms with Crippen LogP contribution in [0.1, 0.15) is 0 Å². The predicted octanol–water partition coefficient (Wildman–Crippen LogP) is 3.06. The predicted molar refractivity (Wildman–Crippen MR) is 113 cm³/mol. The Labute approximate surface area is 165 Å². The first-order valence-electron chi connectivity index (χ1n) is 9.22. The summed E-state index contributed by atoms with van der Waals surface area (Å²) < 4.78 is 34.0. The van der Waals surface area contributed by atoms with Crippen LogP contribution in [0.3, 0.4) is 0 Å². The van der Waals surface area contributed by atoms with Gasteiger partial charge in [0.2, 0.25) is 0 Å². The van der Waals surface area contributed by atoms with E-state index >= 15 is 0 Å². The molecule has 2 N–H and O–H groups in total. The number of nitrogens with one attached hydrogen (secondary N) is 2. The zero-order chi connectivity index (χ0) is 19.6. The number of benzene rings is 3. The first-order chi connectivity index (χ1) is 13.6. The number of rotatable bonds is 5. The molecule has 3 aromatic carbocycles. The molecule has 1 heterocycles. The molecule has 1 aliphatic heterocycles. The van der Waals surface area contributed by atoms with Crippen LogP contribution in [0.15, 0.2) is 65.6 Å². The van der Waals surface area contributed by atoms with Gasteiger partial charge >= 0.3 is 0 Å². The van der Waals surface area contributed by atoms with Gasteiger partial charge in [0.25, 0.3) is 10.0 Å². The van der Waals surface area contributed by atoms with Crippen molar-refractivity contribution in [3.05, 3.63) is 60.7 Å². The van der Waals surface area contributed by atoms with Crippen LogP contribution < -0.4 is 19.7 Å². The van der Waals surface area contributed by atoms with Crippen molar-refractivity contribution in [2.24, 2.45) is 0 Å². The lowest BCUT2D eigenvalue weighted by Crippen LogP contribution is -2.43. The van der Waals surface area contributed by atoms with Crippen molar-refractivity contribution in [1.82, 2.24) is 5.32 Å². The molecule has 4 rings (SSSR count). The second kappa shape index (κ2) is 7.69. The first kappa shape index (κ1) is 18.6. The van der Waals surface area contributed by atoms with E-state index in [1.54, 1.807) is 31.4 Å². The lowest BCUT2D eigenvalue weighted by molar-refractivity contribution is 0.413. The maximum atomic E-state index is 12.9. The van der Waals surface area contributed by atoms with E-state index in [0.29, 0.717) is 5.69 Å². The third kappa shape index (κ3) is 3.76. The molecule has 0 spiro atoms. The van der Waals surface area contributed by atoms with E-state index in [0.717, 1.165) is 48.4 Å². The summed E-state index contributed by atoms with van der Waals surface area (Å²) in [5.41, 5.74) is 1.41. The Morgan fingerprint density at radius 1 is 0.964 bits per heavy atom. The van der Waals surface area contributed by atoms with Crippen LogP contribution in [0, 0.1) is 0 Å². The SMILES string of the molecule is COc1ccc(NS(=O)(=O)c2ccc3ccccc3c2)cc1N1CCNCC1. The second-order valence-corrected chi connectivity index (χ2v) is 8.42. The van der Waals surface area contributed by atoms with Gasteiger partial charge in [-0.25, -0.2) is 8.42 Å². The summed E-state index contributed by atoms with van der Waals surface area (Å²) in [6, 6.07) is 18.2. The molecule has 0 radical (unpaired) electrons. The van der Waals surface area contributed by atoms with E-state index in [1.807, 2.05) is 36.4 Å². The summed E-state index contributed by atoms with van der Waals surface area (Å²) in [7, 11) is -2.07. The van der Waals surface area contributed by atoms with Crippen LogP contribution >= 0.6 is 0 Å². The second-order valence-electron chi connectivity index (χ2n) is 6.74. The number of methoxy groups -OCH3 is 1. The zero-order valence-electron chi connectivity index (χ0n) is 15.7. The van der Waals surface area contributed by atoms with Crippen molar-refractivity contribution in [3.63, 3.8) is 0 Å². The van der Waals surface area contributed by atoms with Gasteiger partial charge in [0.15, 0.2) is 0 Å². The van der Waals surface area contributed by atoms with Crippen LogP contribution in [0.25, 0.3) is 10.8 Å². The third-order valence-electron chi connectivity index (χ3n) is 4.92. The highest BCUT2D eigenvalue weighted by molar-refractivity contribution is 7.92. The summed E-state index contributed by atoms with van der Waals surface area (Å²) >= 11 is 0. The van der Waals surface area contributed by atoms with E-state index < -0.39 is 10.0 Å². The minimum absolute atomic E-state index is 0.241. The molecular formula is C21H23N3O3S. The molecule has 1 aliphatic rings. The number of fused-ring (bicyclic) bond motifs is 1. The summed E-state index contributed by atoms with van der Waals surface area (Å²) in [5, 5.41) is 5.21. The molecule has 0 unspecified atom stereocenters. The number of hydrogen-bond donors (Lipinski definition) is 2. The van der Waals surface area contributed by atoms with E-state index in [9.17, 15) is 8.42 Å². The summed E-state index contributed by atoms with van der Waals surface area (Å²) in [5.74, 6) is 0.732. The fourth-order valence-corrected chi connectivity index (χ4v) is 4.54. The maximum absolute atomic E-state index is 12.9. The van der Waals surface area contributed by atoms with Crippen molar-refractivity contribution in [1.29, 1.82) is 0 Å². The molecule has 1 fully saturated rings. The molecule has 146 valence electrons. The maximum Gasteiger partial charge on any atom is 0.261 e. The minimum Gasteiger partial charge on any atom is -0.495 e. The zero-order valence-corrected chi connectivity index (χ0v) is 16.5. The minimum atomic E-state index is -3.69. The van der Waals surface area contributed by atoms with E-state index in [1.165, 1.54) is 0 Å². The molecule has 0 atom stereocenters. The standard InChI is InChI=1S/C21H23N3O3S/c1-27-21-9-7-18(15-20(21)24-12-10-22-11-13-24)23-28(25,26)19-8-6-16-4-2-3-5-17(16)14-19/h2-9,14-15,22-23H,10-13H2,1H3. The fourth-order valence-electron chi connectivity index (χ4n) is 3.45. The van der Waals surface area contributed by atoms with Gasteiger partial charge in [0.05, 0.1) is 23.4 Å². The molecule has 0 aromatic heterocycles. The van der Waals surface area contributed by atoms with Crippen LogP contribution in [-0.2, 0) is 10.0 Å². The fraction of sp³-hybridized carbons (Fsp3) is 0.238. The molecular weight excluding hydrogens is 374 g/mol. The van der Waals surface area contributed by atoms with E-state index in [2.05, 4.69) is 14.9 Å². The molecule has 0 saturated carbocycles. The monoisotopic (exact) mass is 397 g/mol. The molecule has 0 aliphatic carbocycles. The molecule has 7 heteroatoms. The van der Waals surface area contributed by atoms with Crippen molar-refractivity contribution in [3.8, 4) is 5.75 Å². The molecule has 28 heavy (non-hydrogen) atoms. The quantitative estimate of drug-likeness (QED) is 0.692. The Balaban J connectivity index is 1.65. The lowest BCUT2D eigenvalue weighted by atomic mass is 10.1. The number of piperazine rings is 1. The molecule has 6 nitrogen and oxygen atoms in total. The van der Waals surface area contributed by atoms with Crippen molar-refractivity contribution >= 4 is 32.2 Å². The Morgan fingerprint density at radius 2 is 1.71 bits per heavy atom. The van der Waals surface area contributed by atoms with Crippen LogP contribution in [0.4, 0.5) is 11.4 Å². The van der Waals surface area contributed by atoms with Gasteiger partial charge in [-0.3, -0.25) is 4.72 Å². The van der Waals surface area contributed by atoms with E-state index in [-0.39, 0.29) is 4.90 Å². The molecule has 0 amide bonds. The first-order valence-corrected chi connectivity index (χ1v) is 10.7. The Hall–Kier alpha value is -2.77. The van der Waals surface area contributed by atoms with Gasteiger partial charge in [0, 0.05) is 26.2 Å². The molecule has 3 aromatic rings. The van der Waals surface area contributed by atoms with Crippen molar-refractivity contribution in [2.45, 2.75) is 4.90 Å². The third-order valence-corrected chi connectivity index (χ3v) is 6.30. The smallest absolute Gasteiger partial charge is 0.261 e. The number of sulfonamides is 1. The summed E-state index contributed by atoms with van der Waals surface area (Å²) in [6.45, 7) is 3.46. The molecule has 0 bridgehead atoms. The number of ether oxygens (including phenoxy) is 1. The average Bonchev–Trinajstić information content (AvgIpc) is 2.73. The van der Waals surface area contributed by atoms with Gasteiger partial charge in [-0.2, -0.15) is 0 Å². The topological polar surface area (TPSA) is 70.7 Å². The van der Waals surface area contributed by atoms with E-state index in [4.69, 9.17) is 4.74 Å². The van der Waals surface area contributed by atoms with Crippen molar-refractivity contribution in [2.75, 3.05) is 42.9 Å². The number of anilines is 2. The van der Waals surface area contributed by atoms with Crippen LogP contribution in [0.5, 0.6) is 5.75 Å². The summed E-state index contributed by atoms with van der Waals surface area (Å²) in [4.78, 5) is 2.44.